The first-order valence-corrected chi connectivity index (χ1v) is 7.66. The highest BCUT2D eigenvalue weighted by Crippen LogP contribution is 2.35. The smallest absolute Gasteiger partial charge is 0.124 e. The minimum absolute atomic E-state index is 0.546. The summed E-state index contributed by atoms with van der Waals surface area (Å²) in [6.07, 6.45) is 9.38. The number of nitrogens with one attached hydrogen (secondary N) is 1. The standard InChI is InChI=1S/C14H16BrClN2/c15-14-12(16)6-11(8-18-14)10-4-3-9-2-1-5-17-13(9)7-10/h6-9,13,17H,1-5H2/t9-,13+/m1/s1. The van der Waals surface area contributed by atoms with E-state index < -0.39 is 0 Å². The Kier molecular flexibility index (Phi) is 3.73. The molecule has 0 spiro atoms. The van der Waals surface area contributed by atoms with Crippen LogP contribution in [0.25, 0.3) is 5.57 Å². The van der Waals surface area contributed by atoms with Gasteiger partial charge in [-0.25, -0.2) is 4.98 Å². The average Bonchev–Trinajstić information content (AvgIpc) is 2.41. The van der Waals surface area contributed by atoms with E-state index in [2.05, 4.69) is 32.3 Å². The lowest BCUT2D eigenvalue weighted by Gasteiger charge is -2.35. The van der Waals surface area contributed by atoms with Crippen molar-refractivity contribution < 1.29 is 0 Å². The Hall–Kier alpha value is -0.380. The van der Waals surface area contributed by atoms with Crippen LogP contribution in [-0.4, -0.2) is 17.6 Å². The van der Waals surface area contributed by atoms with Crippen LogP contribution in [0, 0.1) is 5.92 Å². The second kappa shape index (κ2) is 5.32. The predicted molar refractivity (Wildman–Crippen MR) is 78.7 cm³/mol. The third-order valence-electron chi connectivity index (χ3n) is 3.97. The molecular formula is C14H16BrClN2. The summed E-state index contributed by atoms with van der Waals surface area (Å²) in [5, 5.41) is 4.29. The molecule has 2 nitrogen and oxygen atoms in total. The van der Waals surface area contributed by atoms with Crippen LogP contribution in [0.3, 0.4) is 0 Å². The molecule has 0 unspecified atom stereocenters. The van der Waals surface area contributed by atoms with E-state index in [1.807, 2.05) is 12.3 Å². The maximum absolute atomic E-state index is 6.12. The van der Waals surface area contributed by atoms with Gasteiger partial charge in [-0.2, -0.15) is 0 Å². The fraction of sp³-hybridized carbons (Fsp3) is 0.500. The zero-order valence-corrected chi connectivity index (χ0v) is 12.5. The number of halogens is 2. The van der Waals surface area contributed by atoms with Crippen LogP contribution in [0.4, 0.5) is 0 Å². The average molecular weight is 328 g/mol. The first-order chi connectivity index (χ1) is 8.74. The Labute approximate surface area is 121 Å². The molecule has 4 heteroatoms. The summed E-state index contributed by atoms with van der Waals surface area (Å²) in [6, 6.07) is 2.55. The Morgan fingerprint density at radius 2 is 2.28 bits per heavy atom. The first kappa shape index (κ1) is 12.6. The fourth-order valence-electron chi connectivity index (χ4n) is 2.98. The van der Waals surface area contributed by atoms with Gasteiger partial charge >= 0.3 is 0 Å². The molecular weight excluding hydrogens is 312 g/mol. The molecule has 1 aliphatic heterocycles. The van der Waals surface area contributed by atoms with Crippen molar-refractivity contribution in [3.05, 3.63) is 33.5 Å². The van der Waals surface area contributed by atoms with E-state index in [1.54, 1.807) is 0 Å². The SMILES string of the molecule is Clc1cc(C2=C[C@@H]3NCCC[C@@H]3CC2)cnc1Br. The van der Waals surface area contributed by atoms with Gasteiger partial charge in [-0.05, 0) is 71.3 Å². The van der Waals surface area contributed by atoms with Crippen LogP contribution in [-0.2, 0) is 0 Å². The third kappa shape index (κ3) is 2.49. The van der Waals surface area contributed by atoms with Crippen molar-refractivity contribution in [2.24, 2.45) is 5.92 Å². The van der Waals surface area contributed by atoms with Gasteiger partial charge < -0.3 is 5.32 Å². The molecule has 1 aromatic rings. The van der Waals surface area contributed by atoms with Crippen molar-refractivity contribution in [1.29, 1.82) is 0 Å². The van der Waals surface area contributed by atoms with Crippen molar-refractivity contribution >= 4 is 33.1 Å². The molecule has 1 aromatic heterocycles. The van der Waals surface area contributed by atoms with E-state index in [4.69, 9.17) is 11.6 Å². The van der Waals surface area contributed by atoms with Crippen LogP contribution >= 0.6 is 27.5 Å². The Morgan fingerprint density at radius 3 is 3.11 bits per heavy atom. The molecule has 3 rings (SSSR count). The van der Waals surface area contributed by atoms with Gasteiger partial charge in [-0.3, -0.25) is 0 Å². The van der Waals surface area contributed by atoms with Crippen LogP contribution in [0.2, 0.25) is 5.02 Å². The van der Waals surface area contributed by atoms with Crippen molar-refractivity contribution in [2.75, 3.05) is 6.54 Å². The molecule has 0 bridgehead atoms. The number of aromatic nitrogens is 1. The van der Waals surface area contributed by atoms with E-state index in [0.29, 0.717) is 11.1 Å². The lowest BCUT2D eigenvalue weighted by molar-refractivity contribution is 0.298. The highest BCUT2D eigenvalue weighted by atomic mass is 79.9. The predicted octanol–water partition coefficient (Wildman–Crippen LogP) is 4.04. The maximum atomic E-state index is 6.12. The molecule has 0 amide bonds. The van der Waals surface area contributed by atoms with Gasteiger partial charge in [0.15, 0.2) is 0 Å². The highest BCUT2D eigenvalue weighted by Gasteiger charge is 2.27. The monoisotopic (exact) mass is 326 g/mol. The summed E-state index contributed by atoms with van der Waals surface area (Å²) in [4.78, 5) is 4.28. The summed E-state index contributed by atoms with van der Waals surface area (Å²) in [6.45, 7) is 1.14. The van der Waals surface area contributed by atoms with E-state index in [0.717, 1.165) is 29.1 Å². The molecule has 0 aromatic carbocycles. The second-order valence-corrected chi connectivity index (χ2v) is 6.27. The zero-order valence-electron chi connectivity index (χ0n) is 10.1. The number of rotatable bonds is 1. The molecule has 1 aliphatic carbocycles. The number of pyridine rings is 1. The van der Waals surface area contributed by atoms with Gasteiger partial charge in [-0.15, -0.1) is 0 Å². The largest absolute Gasteiger partial charge is 0.310 e. The van der Waals surface area contributed by atoms with Crippen LogP contribution < -0.4 is 5.32 Å². The highest BCUT2D eigenvalue weighted by molar-refractivity contribution is 9.10. The van der Waals surface area contributed by atoms with Crippen LogP contribution in [0.1, 0.15) is 31.2 Å². The molecule has 0 saturated carbocycles. The topological polar surface area (TPSA) is 24.9 Å². The molecule has 96 valence electrons. The summed E-state index contributed by atoms with van der Waals surface area (Å²) in [5.41, 5.74) is 2.54. The van der Waals surface area contributed by atoms with Crippen molar-refractivity contribution in [3.8, 4) is 0 Å². The molecule has 1 saturated heterocycles. The summed E-state index contributed by atoms with van der Waals surface area (Å²) in [5.74, 6) is 0.821. The molecule has 2 heterocycles. The zero-order chi connectivity index (χ0) is 12.5. The first-order valence-electron chi connectivity index (χ1n) is 6.49. The number of nitrogens with zero attached hydrogens (tertiary/aromatic N) is 1. The Balaban J connectivity index is 1.87. The quantitative estimate of drug-likeness (QED) is 0.787. The van der Waals surface area contributed by atoms with Gasteiger partial charge in [0.25, 0.3) is 0 Å². The number of piperidine rings is 1. The molecule has 0 radical (unpaired) electrons. The number of allylic oxidation sites excluding steroid dienone is 1. The van der Waals surface area contributed by atoms with Gasteiger partial charge in [0.05, 0.1) is 5.02 Å². The van der Waals surface area contributed by atoms with Crippen LogP contribution in [0.5, 0.6) is 0 Å². The summed E-state index contributed by atoms with van der Waals surface area (Å²) < 4.78 is 0.720. The van der Waals surface area contributed by atoms with Crippen molar-refractivity contribution in [3.63, 3.8) is 0 Å². The van der Waals surface area contributed by atoms with E-state index in [9.17, 15) is 0 Å². The lowest BCUT2D eigenvalue weighted by atomic mass is 9.79. The molecule has 2 atom stereocenters. The Morgan fingerprint density at radius 1 is 1.39 bits per heavy atom. The molecule has 18 heavy (non-hydrogen) atoms. The molecule has 2 aliphatic rings. The van der Waals surface area contributed by atoms with Crippen LogP contribution in [0.15, 0.2) is 22.9 Å². The summed E-state index contributed by atoms with van der Waals surface area (Å²) in [7, 11) is 0. The van der Waals surface area contributed by atoms with E-state index in [-0.39, 0.29) is 0 Å². The van der Waals surface area contributed by atoms with Gasteiger partial charge in [-0.1, -0.05) is 17.7 Å². The number of fused-ring (bicyclic) bond motifs is 1. The van der Waals surface area contributed by atoms with E-state index in [1.165, 1.54) is 24.8 Å². The van der Waals surface area contributed by atoms with Gasteiger partial charge in [0, 0.05) is 12.2 Å². The number of hydrogen-bond donors (Lipinski definition) is 1. The second-order valence-electron chi connectivity index (χ2n) is 5.11. The molecule has 1 N–H and O–H groups in total. The van der Waals surface area contributed by atoms with Gasteiger partial charge in [0.1, 0.15) is 4.60 Å². The normalized spacial score (nSPS) is 27.6. The fourth-order valence-corrected chi connectivity index (χ4v) is 3.36. The van der Waals surface area contributed by atoms with Gasteiger partial charge in [0.2, 0.25) is 0 Å². The Bertz CT molecular complexity index is 487. The van der Waals surface area contributed by atoms with Crippen molar-refractivity contribution in [1.82, 2.24) is 10.3 Å². The minimum Gasteiger partial charge on any atom is -0.310 e. The maximum Gasteiger partial charge on any atom is 0.124 e. The van der Waals surface area contributed by atoms with E-state index >= 15 is 0 Å². The minimum atomic E-state index is 0.546. The summed E-state index contributed by atoms with van der Waals surface area (Å²) >= 11 is 9.45. The molecule has 1 fully saturated rings. The lowest BCUT2D eigenvalue weighted by Crippen LogP contribution is -2.41. The third-order valence-corrected chi connectivity index (χ3v) is 5.12. The van der Waals surface area contributed by atoms with Crippen molar-refractivity contribution in [2.45, 2.75) is 31.7 Å². The number of hydrogen-bond acceptors (Lipinski definition) is 2.